The molecule has 0 spiro atoms. The zero-order valence-corrected chi connectivity index (χ0v) is 15.2. The minimum Gasteiger partial charge on any atom is -0.447 e. The molecule has 2 rings (SSSR count). The molecular formula is C14H21BrN2O3Si. The standard InChI is InChI=1S/C14H21BrN2O3Si/c1-21(2,3)7-6-19-10-17-13(9-20-14(17)18)12-5-4-11(15)8-16-12/h4-5,8,13H,6-7,9-10H2,1-3H3. The summed E-state index contributed by atoms with van der Waals surface area (Å²) in [5.74, 6) is 0. The lowest BCUT2D eigenvalue weighted by Gasteiger charge is -2.22. The van der Waals surface area contributed by atoms with E-state index in [2.05, 4.69) is 40.6 Å². The normalized spacial score (nSPS) is 19.0. The molecule has 7 heteroatoms. The number of cyclic esters (lactones) is 1. The Morgan fingerprint density at radius 3 is 2.86 bits per heavy atom. The zero-order chi connectivity index (χ0) is 15.5. The summed E-state index contributed by atoms with van der Waals surface area (Å²) < 4.78 is 11.7. The fourth-order valence-corrected chi connectivity index (χ4v) is 2.95. The minimum absolute atomic E-state index is 0.169. The number of ether oxygens (including phenoxy) is 2. The van der Waals surface area contributed by atoms with Gasteiger partial charge < -0.3 is 9.47 Å². The van der Waals surface area contributed by atoms with Gasteiger partial charge in [0.05, 0.1) is 5.69 Å². The molecule has 21 heavy (non-hydrogen) atoms. The molecule has 1 saturated heterocycles. The Hall–Kier alpha value is -0.923. The molecule has 0 saturated carbocycles. The van der Waals surface area contributed by atoms with Gasteiger partial charge in [0.15, 0.2) is 0 Å². The molecule has 1 aliphatic rings. The predicted octanol–water partition coefficient (Wildman–Crippen LogP) is 3.65. The Labute approximate surface area is 134 Å². The van der Waals surface area contributed by atoms with Crippen molar-refractivity contribution in [2.24, 2.45) is 0 Å². The number of aromatic nitrogens is 1. The van der Waals surface area contributed by atoms with Crippen LogP contribution >= 0.6 is 15.9 Å². The van der Waals surface area contributed by atoms with Gasteiger partial charge in [-0.25, -0.2) is 4.79 Å². The molecule has 0 bridgehead atoms. The van der Waals surface area contributed by atoms with Crippen molar-refractivity contribution in [3.05, 3.63) is 28.5 Å². The molecule has 2 heterocycles. The van der Waals surface area contributed by atoms with Crippen molar-refractivity contribution in [2.45, 2.75) is 31.7 Å². The summed E-state index contributed by atoms with van der Waals surface area (Å²) in [6, 6.07) is 4.72. The molecule has 1 atom stereocenters. The lowest BCUT2D eigenvalue weighted by atomic mass is 10.2. The molecule has 0 N–H and O–H groups in total. The Bertz CT molecular complexity index is 490. The van der Waals surface area contributed by atoms with Crippen LogP contribution in [-0.4, -0.2) is 44.0 Å². The Morgan fingerprint density at radius 1 is 1.48 bits per heavy atom. The van der Waals surface area contributed by atoms with Gasteiger partial charge in [0.2, 0.25) is 0 Å². The fraction of sp³-hybridized carbons (Fsp3) is 0.571. The summed E-state index contributed by atoms with van der Waals surface area (Å²) in [5.41, 5.74) is 0.817. The zero-order valence-electron chi connectivity index (χ0n) is 12.6. The first kappa shape index (κ1) is 16.4. The highest BCUT2D eigenvalue weighted by molar-refractivity contribution is 9.10. The van der Waals surface area contributed by atoms with Gasteiger partial charge >= 0.3 is 6.09 Å². The third-order valence-electron chi connectivity index (χ3n) is 3.29. The second-order valence-electron chi connectivity index (χ2n) is 6.31. The van der Waals surface area contributed by atoms with Crippen LogP contribution in [0.25, 0.3) is 0 Å². The third kappa shape index (κ3) is 4.79. The molecule has 0 aliphatic carbocycles. The quantitative estimate of drug-likeness (QED) is 0.564. The first-order valence-electron chi connectivity index (χ1n) is 6.99. The van der Waals surface area contributed by atoms with E-state index >= 15 is 0 Å². The molecule has 116 valence electrons. The van der Waals surface area contributed by atoms with Crippen LogP contribution in [-0.2, 0) is 9.47 Å². The van der Waals surface area contributed by atoms with E-state index in [9.17, 15) is 4.79 Å². The van der Waals surface area contributed by atoms with E-state index in [-0.39, 0.29) is 18.9 Å². The van der Waals surface area contributed by atoms with E-state index in [1.165, 1.54) is 0 Å². The van der Waals surface area contributed by atoms with Gasteiger partial charge in [0.1, 0.15) is 19.4 Å². The monoisotopic (exact) mass is 372 g/mol. The van der Waals surface area contributed by atoms with Gasteiger partial charge in [-0.15, -0.1) is 0 Å². The molecular weight excluding hydrogens is 352 g/mol. The summed E-state index contributed by atoms with van der Waals surface area (Å²) in [7, 11) is -1.12. The van der Waals surface area contributed by atoms with Crippen LogP contribution < -0.4 is 0 Å². The number of hydrogen-bond acceptors (Lipinski definition) is 4. The van der Waals surface area contributed by atoms with E-state index in [0.29, 0.717) is 13.2 Å². The SMILES string of the molecule is C[Si](C)(C)CCOCN1C(=O)OCC1c1ccc(Br)cn1. The molecule has 5 nitrogen and oxygen atoms in total. The van der Waals surface area contributed by atoms with Gasteiger partial charge in [-0.05, 0) is 34.1 Å². The summed E-state index contributed by atoms with van der Waals surface area (Å²) in [6.45, 7) is 8.16. The maximum atomic E-state index is 11.8. The van der Waals surface area contributed by atoms with Crippen LogP contribution in [0.5, 0.6) is 0 Å². The summed E-state index contributed by atoms with van der Waals surface area (Å²) >= 11 is 3.36. The topological polar surface area (TPSA) is 51.7 Å². The smallest absolute Gasteiger partial charge is 0.412 e. The second-order valence-corrected chi connectivity index (χ2v) is 12.8. The molecule has 0 radical (unpaired) electrons. The van der Waals surface area contributed by atoms with Crippen LogP contribution in [0, 0.1) is 0 Å². The number of carbonyl (C=O) groups is 1. The first-order valence-corrected chi connectivity index (χ1v) is 11.5. The number of hydrogen-bond donors (Lipinski definition) is 0. The second kappa shape index (κ2) is 6.89. The van der Waals surface area contributed by atoms with Gasteiger partial charge in [-0.1, -0.05) is 19.6 Å². The largest absolute Gasteiger partial charge is 0.447 e. The van der Waals surface area contributed by atoms with Gasteiger partial charge in [0.25, 0.3) is 0 Å². The van der Waals surface area contributed by atoms with Crippen molar-refractivity contribution in [1.29, 1.82) is 0 Å². The van der Waals surface area contributed by atoms with E-state index in [1.54, 1.807) is 11.1 Å². The Balaban J connectivity index is 1.93. The lowest BCUT2D eigenvalue weighted by molar-refractivity contribution is 0.0443. The van der Waals surface area contributed by atoms with Crippen molar-refractivity contribution in [1.82, 2.24) is 9.88 Å². The van der Waals surface area contributed by atoms with Crippen molar-refractivity contribution in [2.75, 3.05) is 19.9 Å². The van der Waals surface area contributed by atoms with Gasteiger partial charge in [-0.2, -0.15) is 0 Å². The number of halogens is 1. The fourth-order valence-electron chi connectivity index (χ4n) is 1.96. The third-order valence-corrected chi connectivity index (χ3v) is 5.47. The van der Waals surface area contributed by atoms with Crippen molar-refractivity contribution in [3.8, 4) is 0 Å². The average Bonchev–Trinajstić information content (AvgIpc) is 2.76. The predicted molar refractivity (Wildman–Crippen MR) is 86.8 cm³/mol. The minimum atomic E-state index is -1.12. The Kier molecular flexibility index (Phi) is 5.40. The number of rotatable bonds is 6. The number of amides is 1. The molecule has 1 aromatic heterocycles. The number of carbonyl (C=O) groups excluding carboxylic acids is 1. The van der Waals surface area contributed by atoms with Crippen molar-refractivity contribution in [3.63, 3.8) is 0 Å². The van der Waals surface area contributed by atoms with E-state index in [1.807, 2.05) is 12.1 Å². The Morgan fingerprint density at radius 2 is 2.24 bits per heavy atom. The van der Waals surface area contributed by atoms with Crippen LogP contribution in [0.2, 0.25) is 25.7 Å². The lowest BCUT2D eigenvalue weighted by Crippen LogP contribution is -2.31. The van der Waals surface area contributed by atoms with Crippen LogP contribution in [0.1, 0.15) is 11.7 Å². The van der Waals surface area contributed by atoms with Crippen LogP contribution in [0.3, 0.4) is 0 Å². The molecule has 1 fully saturated rings. The number of nitrogens with zero attached hydrogens (tertiary/aromatic N) is 2. The maximum Gasteiger partial charge on any atom is 0.412 e. The van der Waals surface area contributed by atoms with Gasteiger partial charge in [0, 0.05) is 25.4 Å². The first-order chi connectivity index (χ1) is 9.87. The molecule has 1 aromatic rings. The summed E-state index contributed by atoms with van der Waals surface area (Å²) in [4.78, 5) is 17.8. The molecule has 1 unspecified atom stereocenters. The maximum absolute atomic E-state index is 11.8. The van der Waals surface area contributed by atoms with Gasteiger partial charge in [-0.3, -0.25) is 9.88 Å². The molecule has 1 aliphatic heterocycles. The summed E-state index contributed by atoms with van der Waals surface area (Å²) in [6.07, 6.45) is 1.39. The highest BCUT2D eigenvalue weighted by atomic mass is 79.9. The summed E-state index contributed by atoms with van der Waals surface area (Å²) in [5, 5.41) is 0. The highest BCUT2D eigenvalue weighted by Gasteiger charge is 2.35. The van der Waals surface area contributed by atoms with E-state index < -0.39 is 8.07 Å². The molecule has 0 aromatic carbocycles. The average molecular weight is 373 g/mol. The molecule has 1 amide bonds. The highest BCUT2D eigenvalue weighted by Crippen LogP contribution is 2.26. The van der Waals surface area contributed by atoms with E-state index in [4.69, 9.17) is 9.47 Å². The van der Waals surface area contributed by atoms with Crippen molar-refractivity contribution < 1.29 is 14.3 Å². The van der Waals surface area contributed by atoms with Crippen molar-refractivity contribution >= 4 is 30.1 Å². The van der Waals surface area contributed by atoms with Crippen LogP contribution in [0.4, 0.5) is 4.79 Å². The number of pyridine rings is 1. The van der Waals surface area contributed by atoms with Crippen LogP contribution in [0.15, 0.2) is 22.8 Å². The van der Waals surface area contributed by atoms with E-state index in [0.717, 1.165) is 16.2 Å².